The van der Waals surface area contributed by atoms with Gasteiger partial charge in [-0.1, -0.05) is 71.9 Å². The Bertz CT molecular complexity index is 887. The van der Waals surface area contributed by atoms with E-state index in [1.807, 2.05) is 13.1 Å². The van der Waals surface area contributed by atoms with E-state index < -0.39 is 6.37 Å². The molecule has 11 heteroatoms. The summed E-state index contributed by atoms with van der Waals surface area (Å²) in [4.78, 5) is 0. The van der Waals surface area contributed by atoms with E-state index in [1.54, 1.807) is 36.4 Å². The lowest BCUT2D eigenvalue weighted by Crippen LogP contribution is -2.27. The summed E-state index contributed by atoms with van der Waals surface area (Å²) in [7, 11) is 0. The number of rotatable bonds is 6. The van der Waals surface area contributed by atoms with Gasteiger partial charge in [0.05, 0.1) is 12.4 Å². The van der Waals surface area contributed by atoms with Gasteiger partial charge in [0.1, 0.15) is 11.6 Å². The molecule has 0 aliphatic rings. The van der Waals surface area contributed by atoms with E-state index in [9.17, 15) is 8.78 Å². The number of halogens is 2. The van der Waals surface area contributed by atoms with Crippen molar-refractivity contribution in [2.75, 3.05) is 0 Å². The van der Waals surface area contributed by atoms with Crippen molar-refractivity contribution in [3.63, 3.8) is 0 Å². The molecule has 2 rings (SSSR count). The van der Waals surface area contributed by atoms with Crippen LogP contribution in [0.1, 0.15) is 11.1 Å². The third-order valence-electron chi connectivity index (χ3n) is 3.22. The lowest BCUT2D eigenvalue weighted by atomic mass is 10.2. The molecule has 0 atom stereocenters. The van der Waals surface area contributed by atoms with Crippen LogP contribution in [0.3, 0.4) is 0 Å². The minimum absolute atomic E-state index is 0.240. The summed E-state index contributed by atoms with van der Waals surface area (Å²) >= 11 is 2.70. The fourth-order valence-corrected chi connectivity index (χ4v) is 8.55. The molecule has 0 amide bonds. The molecule has 0 saturated heterocycles. The highest BCUT2D eigenvalue weighted by Crippen LogP contribution is 2.32. The molecule has 0 fully saturated rings. The number of hydrogen-bond acceptors (Lipinski definition) is 6. The zero-order chi connectivity index (χ0) is 21.3. The van der Waals surface area contributed by atoms with Gasteiger partial charge in [-0.05, 0) is 12.1 Å². The quantitative estimate of drug-likeness (QED) is 0.299. The molecule has 0 aromatic heterocycles. The first kappa shape index (κ1) is 22.8. The van der Waals surface area contributed by atoms with Crippen molar-refractivity contribution < 1.29 is 8.78 Å². The molecular weight excluding hydrogens is 430 g/mol. The number of benzene rings is 2. The maximum absolute atomic E-state index is 13.5. The van der Waals surface area contributed by atoms with Crippen LogP contribution in [0.2, 0.25) is 13.1 Å². The Morgan fingerprint density at radius 3 is 1.55 bits per heavy atom. The van der Waals surface area contributed by atoms with Crippen LogP contribution in [-0.4, -0.2) is 29.1 Å². The average Bonchev–Trinajstić information content (AvgIpc) is 2.64. The van der Waals surface area contributed by atoms with E-state index in [2.05, 4.69) is 20.4 Å². The number of hydrogen-bond donors (Lipinski definition) is 2. The summed E-state index contributed by atoms with van der Waals surface area (Å²) in [6.45, 7) is 4.02. The summed E-state index contributed by atoms with van der Waals surface area (Å²) in [6.07, 6.45) is 0.523. The van der Waals surface area contributed by atoms with Gasteiger partial charge in [0.25, 0.3) is 0 Å². The van der Waals surface area contributed by atoms with Crippen LogP contribution in [0, 0.1) is 11.6 Å². The van der Waals surface area contributed by atoms with Crippen LogP contribution in [0.25, 0.3) is 0 Å². The fourth-order valence-electron chi connectivity index (χ4n) is 2.02. The first-order valence-corrected chi connectivity index (χ1v) is 14.4. The number of nitrogens with zero attached hydrogens (tertiary/aromatic N) is 4. The van der Waals surface area contributed by atoms with Gasteiger partial charge < -0.3 is 11.5 Å². The van der Waals surface area contributed by atoms with E-state index in [4.69, 9.17) is 11.5 Å². The SMILES string of the molecule is C[Si](C)(S/C(N)=N/N=C/c1ccccc1F)S/C(N)=N/N=C/c1ccccc1F. The van der Waals surface area contributed by atoms with Crippen molar-refractivity contribution in [2.45, 2.75) is 13.1 Å². The molecule has 6 nitrogen and oxygen atoms in total. The van der Waals surface area contributed by atoms with Crippen molar-refractivity contribution in [3.8, 4) is 0 Å². The van der Waals surface area contributed by atoms with Gasteiger partial charge in [0, 0.05) is 11.1 Å². The van der Waals surface area contributed by atoms with Gasteiger partial charge >= 0.3 is 0 Å². The second kappa shape index (κ2) is 10.9. The number of nitrogens with two attached hydrogens (primary N) is 2. The first-order chi connectivity index (χ1) is 13.8. The number of amidine groups is 2. The smallest absolute Gasteiger partial charge is 0.190 e. The maximum atomic E-state index is 13.5. The van der Waals surface area contributed by atoms with Crippen LogP contribution in [0.4, 0.5) is 8.78 Å². The Balaban J connectivity index is 1.94. The predicted molar refractivity (Wildman–Crippen MR) is 124 cm³/mol. The third-order valence-corrected chi connectivity index (χ3v) is 10.5. The van der Waals surface area contributed by atoms with E-state index in [0.717, 1.165) is 0 Å². The Morgan fingerprint density at radius 1 is 0.793 bits per heavy atom. The molecule has 4 N–H and O–H groups in total. The second-order valence-corrected chi connectivity index (χ2v) is 18.2. The largest absolute Gasteiger partial charge is 0.377 e. The molecule has 2 aromatic carbocycles. The summed E-state index contributed by atoms with van der Waals surface area (Å²) in [6, 6.07) is 12.5. The molecule has 0 bridgehead atoms. The minimum Gasteiger partial charge on any atom is -0.377 e. The van der Waals surface area contributed by atoms with E-state index in [-0.39, 0.29) is 22.0 Å². The minimum atomic E-state index is -2.08. The molecule has 2 aromatic rings. The van der Waals surface area contributed by atoms with Gasteiger partial charge in [-0.15, -0.1) is 10.2 Å². The molecule has 0 saturated carbocycles. The van der Waals surface area contributed by atoms with Crippen molar-refractivity contribution in [2.24, 2.45) is 31.9 Å². The van der Waals surface area contributed by atoms with Gasteiger partial charge in [0.2, 0.25) is 0 Å². The topological polar surface area (TPSA) is 101 Å². The molecule has 0 aliphatic carbocycles. The third kappa shape index (κ3) is 8.17. The van der Waals surface area contributed by atoms with E-state index >= 15 is 0 Å². The highest BCUT2D eigenvalue weighted by molar-refractivity contribution is 8.66. The Hall–Kier alpha value is -2.50. The van der Waals surface area contributed by atoms with Crippen LogP contribution in [0.5, 0.6) is 0 Å². The Kier molecular flexibility index (Phi) is 8.55. The molecule has 0 radical (unpaired) electrons. The van der Waals surface area contributed by atoms with Gasteiger partial charge in [-0.25, -0.2) is 8.78 Å². The summed E-state index contributed by atoms with van der Waals surface area (Å²) < 4.78 is 27.1. The Morgan fingerprint density at radius 2 is 1.17 bits per heavy atom. The normalized spacial score (nSPS) is 13.5. The first-order valence-electron chi connectivity index (χ1n) is 8.37. The van der Waals surface area contributed by atoms with Gasteiger partial charge in [0.15, 0.2) is 16.7 Å². The van der Waals surface area contributed by atoms with Crippen LogP contribution >= 0.6 is 22.4 Å². The van der Waals surface area contributed by atoms with Crippen LogP contribution < -0.4 is 11.5 Å². The highest BCUT2D eigenvalue weighted by atomic mass is 32.6. The molecule has 0 heterocycles. The van der Waals surface area contributed by atoms with Crippen molar-refractivity contribution in [1.82, 2.24) is 0 Å². The maximum Gasteiger partial charge on any atom is 0.190 e. The molecule has 0 aliphatic heterocycles. The average molecular weight is 451 g/mol. The van der Waals surface area contributed by atoms with Gasteiger partial charge in [-0.3, -0.25) is 0 Å². The lowest BCUT2D eigenvalue weighted by molar-refractivity contribution is 0.625. The van der Waals surface area contributed by atoms with Crippen molar-refractivity contribution in [1.29, 1.82) is 0 Å². The second-order valence-electron chi connectivity index (χ2n) is 6.01. The zero-order valence-corrected chi connectivity index (χ0v) is 18.4. The van der Waals surface area contributed by atoms with E-state index in [1.165, 1.54) is 47.0 Å². The molecular formula is C18H20F2N6S2Si. The molecule has 0 spiro atoms. The van der Waals surface area contributed by atoms with Crippen LogP contribution in [0.15, 0.2) is 68.9 Å². The lowest BCUT2D eigenvalue weighted by Gasteiger charge is -2.18. The summed E-state index contributed by atoms with van der Waals surface area (Å²) in [5, 5.41) is 15.9. The molecule has 0 unspecified atom stereocenters. The van der Waals surface area contributed by atoms with Crippen molar-refractivity contribution in [3.05, 3.63) is 71.3 Å². The summed E-state index contributed by atoms with van der Waals surface area (Å²) in [5.74, 6) is -0.772. The van der Waals surface area contributed by atoms with Crippen molar-refractivity contribution >= 4 is 51.6 Å². The summed E-state index contributed by atoms with van der Waals surface area (Å²) in [5.41, 5.74) is 12.5. The Labute approximate surface area is 176 Å². The molecule has 29 heavy (non-hydrogen) atoms. The highest BCUT2D eigenvalue weighted by Gasteiger charge is 2.26. The molecule has 152 valence electrons. The van der Waals surface area contributed by atoms with E-state index in [0.29, 0.717) is 11.1 Å². The van der Waals surface area contributed by atoms with Crippen LogP contribution in [-0.2, 0) is 0 Å². The standard InChI is InChI=1S/C18H20F2N6S2Si/c1-29(2,27-17(21)25-23-11-13-7-3-5-9-15(13)19)28-18(22)26-24-12-14-8-4-6-10-16(14)20/h3-12H,1-2H3,(H2,21,25)(H2,22,26)/b23-11+,24-12+. The zero-order valence-electron chi connectivity index (χ0n) is 15.8. The monoisotopic (exact) mass is 450 g/mol. The van der Waals surface area contributed by atoms with Gasteiger partial charge in [-0.2, -0.15) is 10.2 Å². The predicted octanol–water partition coefficient (Wildman–Crippen LogP) is 4.13. The fraction of sp³-hybridized carbons (Fsp3) is 0.111.